The third-order valence-electron chi connectivity index (χ3n) is 4.86. The molecule has 1 aliphatic rings. The Kier molecular flexibility index (Phi) is 6.54. The molecule has 2 aromatic carbocycles. The number of carbonyl (C=O) groups excluding carboxylic acids is 2. The average molecular weight is 476 g/mol. The molecule has 29 heavy (non-hydrogen) atoms. The molecule has 3 amide bonds. The fraction of sp³-hybridized carbons (Fsp3) is 0.300. The van der Waals surface area contributed by atoms with E-state index in [-0.39, 0.29) is 27.4 Å². The maximum atomic E-state index is 12.3. The minimum absolute atomic E-state index is 0.0369. The molecule has 2 aromatic rings. The molecule has 2 atom stereocenters. The monoisotopic (exact) mass is 474 g/mol. The molecule has 0 bridgehead atoms. The number of hydrogen-bond acceptors (Lipinski definition) is 3. The molecule has 0 aromatic heterocycles. The maximum absolute atomic E-state index is 12.3. The molecular formula is C20H18Cl4N2O3. The number of ether oxygens (including phenoxy) is 1. The van der Waals surface area contributed by atoms with E-state index in [9.17, 15) is 9.59 Å². The zero-order chi connectivity index (χ0) is 21.3. The second-order valence-electron chi connectivity index (χ2n) is 6.87. The Hall–Kier alpha value is -1.66. The van der Waals surface area contributed by atoms with Gasteiger partial charge in [-0.3, -0.25) is 10.1 Å². The van der Waals surface area contributed by atoms with Gasteiger partial charge >= 0.3 is 6.03 Å². The summed E-state index contributed by atoms with van der Waals surface area (Å²) >= 11 is 24.2. The molecule has 0 saturated heterocycles. The summed E-state index contributed by atoms with van der Waals surface area (Å²) in [7, 11) is 0. The number of alkyl halides is 2. The van der Waals surface area contributed by atoms with Gasteiger partial charge in [0, 0.05) is 11.6 Å². The van der Waals surface area contributed by atoms with Crippen LogP contribution < -0.4 is 15.4 Å². The van der Waals surface area contributed by atoms with Crippen molar-refractivity contribution >= 4 is 64.0 Å². The van der Waals surface area contributed by atoms with Crippen LogP contribution in [-0.2, 0) is 0 Å². The van der Waals surface area contributed by atoms with Crippen LogP contribution in [0.25, 0.3) is 0 Å². The quantitative estimate of drug-likeness (QED) is 0.514. The number of anilines is 1. The summed E-state index contributed by atoms with van der Waals surface area (Å²) in [4.78, 5) is 24.4. The highest BCUT2D eigenvalue weighted by molar-refractivity contribution is 6.51. The molecule has 5 nitrogen and oxygen atoms in total. The van der Waals surface area contributed by atoms with E-state index in [4.69, 9.17) is 51.1 Å². The smallest absolute Gasteiger partial charge is 0.326 e. The van der Waals surface area contributed by atoms with Crippen LogP contribution >= 0.6 is 46.4 Å². The van der Waals surface area contributed by atoms with Gasteiger partial charge in [-0.25, -0.2) is 4.79 Å². The Morgan fingerprint density at radius 3 is 2.31 bits per heavy atom. The first-order chi connectivity index (χ1) is 13.6. The van der Waals surface area contributed by atoms with E-state index in [0.29, 0.717) is 18.0 Å². The van der Waals surface area contributed by atoms with Gasteiger partial charge in [-0.1, -0.05) is 36.2 Å². The third kappa shape index (κ3) is 4.92. The van der Waals surface area contributed by atoms with Crippen molar-refractivity contribution in [3.8, 4) is 5.75 Å². The topological polar surface area (TPSA) is 67.4 Å². The number of imide groups is 1. The lowest BCUT2D eigenvalue weighted by Crippen LogP contribution is -2.34. The van der Waals surface area contributed by atoms with Crippen LogP contribution in [-0.4, -0.2) is 22.9 Å². The fourth-order valence-electron chi connectivity index (χ4n) is 2.93. The zero-order valence-electron chi connectivity index (χ0n) is 15.6. The number of aryl methyl sites for hydroxylation is 1. The first kappa shape index (κ1) is 22.0. The van der Waals surface area contributed by atoms with Crippen molar-refractivity contribution in [2.75, 3.05) is 11.9 Å². The number of nitrogens with one attached hydrogen (secondary N) is 2. The molecule has 154 valence electrons. The highest BCUT2D eigenvalue weighted by Gasteiger charge is 2.60. The number of urea groups is 1. The van der Waals surface area contributed by atoms with E-state index in [1.54, 1.807) is 24.3 Å². The Morgan fingerprint density at radius 1 is 1.14 bits per heavy atom. The second-order valence-corrected chi connectivity index (χ2v) is 9.12. The number of carbonyl (C=O) groups is 2. The van der Waals surface area contributed by atoms with Crippen molar-refractivity contribution in [1.82, 2.24) is 5.32 Å². The van der Waals surface area contributed by atoms with E-state index in [0.717, 1.165) is 5.56 Å². The summed E-state index contributed by atoms with van der Waals surface area (Å²) in [6, 6.07) is 9.06. The predicted molar refractivity (Wildman–Crippen MR) is 117 cm³/mol. The van der Waals surface area contributed by atoms with Crippen LogP contribution in [0.1, 0.15) is 22.8 Å². The summed E-state index contributed by atoms with van der Waals surface area (Å²) in [6.07, 6.45) is 0. The van der Waals surface area contributed by atoms with Gasteiger partial charge < -0.3 is 10.1 Å². The van der Waals surface area contributed by atoms with E-state index in [1.165, 1.54) is 12.1 Å². The van der Waals surface area contributed by atoms with Crippen molar-refractivity contribution in [1.29, 1.82) is 0 Å². The number of amides is 3. The van der Waals surface area contributed by atoms with Crippen molar-refractivity contribution in [3.05, 3.63) is 57.6 Å². The minimum atomic E-state index is -0.732. The number of hydrogen-bond donors (Lipinski definition) is 2. The number of rotatable bonds is 5. The van der Waals surface area contributed by atoms with Crippen LogP contribution in [0.2, 0.25) is 10.0 Å². The van der Waals surface area contributed by atoms with E-state index < -0.39 is 16.3 Å². The first-order valence-electron chi connectivity index (χ1n) is 8.79. The van der Waals surface area contributed by atoms with E-state index >= 15 is 0 Å². The summed E-state index contributed by atoms with van der Waals surface area (Å²) in [5.41, 5.74) is 1.34. The molecule has 1 fully saturated rings. The normalized spacial score (nSPS) is 19.4. The highest BCUT2D eigenvalue weighted by atomic mass is 35.5. The Labute approximate surface area is 188 Å². The number of halogens is 4. The van der Waals surface area contributed by atoms with Crippen molar-refractivity contribution in [3.63, 3.8) is 0 Å². The molecule has 0 radical (unpaired) electrons. The average Bonchev–Trinajstić information content (AvgIpc) is 3.10. The molecule has 0 aliphatic heterocycles. The van der Waals surface area contributed by atoms with Gasteiger partial charge in [0.05, 0.1) is 22.2 Å². The summed E-state index contributed by atoms with van der Waals surface area (Å²) < 4.78 is 5.06. The fourth-order valence-corrected chi connectivity index (χ4v) is 4.18. The summed E-state index contributed by atoms with van der Waals surface area (Å²) in [5.74, 6) is 0.230. The predicted octanol–water partition coefficient (Wildman–Crippen LogP) is 6.08. The molecule has 1 saturated carbocycles. The summed E-state index contributed by atoms with van der Waals surface area (Å²) in [5, 5.41) is 5.11. The molecule has 2 N–H and O–H groups in total. The van der Waals surface area contributed by atoms with Crippen molar-refractivity contribution < 1.29 is 14.3 Å². The SMILES string of the molecule is Cc1cc(NC(=O)NC(=O)c2c(Cl)cccc2Cl)ccc1OCC1C(C)C1(Cl)Cl. The molecule has 3 rings (SSSR count). The Bertz CT molecular complexity index is 944. The highest BCUT2D eigenvalue weighted by Crippen LogP contribution is 2.58. The lowest BCUT2D eigenvalue weighted by Gasteiger charge is -2.12. The lowest BCUT2D eigenvalue weighted by molar-refractivity contribution is 0.0967. The molecule has 9 heteroatoms. The van der Waals surface area contributed by atoms with Gasteiger partial charge in [0.2, 0.25) is 0 Å². The van der Waals surface area contributed by atoms with E-state index in [2.05, 4.69) is 10.6 Å². The van der Waals surface area contributed by atoms with Crippen molar-refractivity contribution in [2.45, 2.75) is 18.2 Å². The van der Waals surface area contributed by atoms with E-state index in [1.807, 2.05) is 13.8 Å². The van der Waals surface area contributed by atoms with Gasteiger partial charge in [-0.15, -0.1) is 23.2 Å². The van der Waals surface area contributed by atoms with Crippen LogP contribution in [0.3, 0.4) is 0 Å². The minimum Gasteiger partial charge on any atom is -0.493 e. The van der Waals surface area contributed by atoms with Gasteiger partial charge in [-0.05, 0) is 48.7 Å². The largest absolute Gasteiger partial charge is 0.493 e. The Balaban J connectivity index is 1.58. The maximum Gasteiger partial charge on any atom is 0.326 e. The molecule has 0 heterocycles. The molecule has 2 unspecified atom stereocenters. The standard InChI is InChI=1S/C20H18Cl4N2O3/c1-10-8-12(6-7-16(10)29-9-13-11(2)20(13,23)24)25-19(28)26-18(27)17-14(21)4-3-5-15(17)22/h3-8,11,13H,9H2,1-2H3,(H2,25,26,27,28). The van der Waals surface area contributed by atoms with Crippen LogP contribution in [0.4, 0.5) is 10.5 Å². The zero-order valence-corrected chi connectivity index (χ0v) is 18.6. The lowest BCUT2D eigenvalue weighted by atomic mass is 10.2. The first-order valence-corrected chi connectivity index (χ1v) is 10.3. The van der Waals surface area contributed by atoms with Gasteiger partial charge in [0.25, 0.3) is 5.91 Å². The van der Waals surface area contributed by atoms with Gasteiger partial charge in [-0.2, -0.15) is 0 Å². The summed E-state index contributed by atoms with van der Waals surface area (Å²) in [6.45, 7) is 4.23. The van der Waals surface area contributed by atoms with Gasteiger partial charge in [0.15, 0.2) is 0 Å². The molecular weight excluding hydrogens is 458 g/mol. The van der Waals surface area contributed by atoms with Crippen LogP contribution in [0, 0.1) is 18.8 Å². The number of benzene rings is 2. The molecule has 1 aliphatic carbocycles. The third-order valence-corrected chi connectivity index (χ3v) is 6.74. The van der Waals surface area contributed by atoms with Crippen LogP contribution in [0.15, 0.2) is 36.4 Å². The van der Waals surface area contributed by atoms with Crippen molar-refractivity contribution in [2.24, 2.45) is 11.8 Å². The Morgan fingerprint density at radius 2 is 1.76 bits per heavy atom. The van der Waals surface area contributed by atoms with Gasteiger partial charge in [0.1, 0.15) is 10.1 Å². The molecule has 0 spiro atoms. The second kappa shape index (κ2) is 8.60. The van der Waals surface area contributed by atoms with Crippen LogP contribution in [0.5, 0.6) is 5.75 Å².